The van der Waals surface area contributed by atoms with Gasteiger partial charge in [-0.05, 0) is 44.4 Å². The Kier molecular flexibility index (Phi) is 10.6. The predicted molar refractivity (Wildman–Crippen MR) is 117 cm³/mol. The van der Waals surface area contributed by atoms with E-state index in [1.54, 1.807) is 0 Å². The lowest BCUT2D eigenvalue weighted by molar-refractivity contribution is 0.129. The topological polar surface area (TPSA) is 40.1 Å². The van der Waals surface area contributed by atoms with E-state index in [-0.39, 0.29) is 24.0 Å². The lowest BCUT2D eigenvalue weighted by atomic mass is 10.0. The molecule has 0 spiro atoms. The molecule has 0 aromatic heterocycles. The molecule has 2 rings (SSSR count). The third kappa shape index (κ3) is 7.99. The molecule has 1 saturated heterocycles. The van der Waals surface area contributed by atoms with Crippen LogP contribution in [0.2, 0.25) is 0 Å². The molecule has 25 heavy (non-hydrogen) atoms. The van der Waals surface area contributed by atoms with Gasteiger partial charge in [-0.1, -0.05) is 13.8 Å². The normalized spacial score (nSPS) is 20.5. The highest BCUT2D eigenvalue weighted by atomic mass is 127. The first-order valence-electron chi connectivity index (χ1n) is 9.92. The largest absolute Gasteiger partial charge is 0.382 e. The molecule has 1 heterocycles. The molecular formula is C19H39IN4O. The Morgan fingerprint density at radius 3 is 2.36 bits per heavy atom. The number of halogens is 1. The molecule has 2 fully saturated rings. The van der Waals surface area contributed by atoms with E-state index in [9.17, 15) is 0 Å². The van der Waals surface area contributed by atoms with Gasteiger partial charge in [0, 0.05) is 59.0 Å². The van der Waals surface area contributed by atoms with E-state index in [0.29, 0.717) is 5.41 Å². The molecule has 5 nitrogen and oxygen atoms in total. The van der Waals surface area contributed by atoms with Crippen LogP contribution in [0.1, 0.15) is 47.0 Å². The van der Waals surface area contributed by atoms with Gasteiger partial charge in [0.05, 0.1) is 0 Å². The first-order chi connectivity index (χ1) is 11.6. The van der Waals surface area contributed by atoms with Crippen molar-refractivity contribution in [2.24, 2.45) is 16.3 Å². The van der Waals surface area contributed by atoms with E-state index in [4.69, 9.17) is 9.73 Å². The van der Waals surface area contributed by atoms with Gasteiger partial charge in [-0.15, -0.1) is 24.0 Å². The van der Waals surface area contributed by atoms with Crippen molar-refractivity contribution in [2.75, 3.05) is 59.0 Å². The second-order valence-electron chi connectivity index (χ2n) is 7.80. The van der Waals surface area contributed by atoms with Gasteiger partial charge in [0.1, 0.15) is 0 Å². The maximum Gasteiger partial charge on any atom is 0.194 e. The molecule has 1 saturated carbocycles. The lowest BCUT2D eigenvalue weighted by Crippen LogP contribution is -2.53. The fourth-order valence-corrected chi connectivity index (χ4v) is 3.42. The molecule has 6 heteroatoms. The average molecular weight is 466 g/mol. The number of ether oxygens (including phenoxy) is 1. The first kappa shape index (κ1) is 23.0. The molecule has 1 aliphatic heterocycles. The number of piperazine rings is 1. The zero-order valence-corrected chi connectivity index (χ0v) is 19.1. The molecule has 0 atom stereocenters. The van der Waals surface area contributed by atoms with Crippen LogP contribution in [0.25, 0.3) is 0 Å². The Morgan fingerprint density at radius 2 is 1.84 bits per heavy atom. The lowest BCUT2D eigenvalue weighted by Gasteiger charge is -2.37. The molecule has 0 aromatic carbocycles. The van der Waals surface area contributed by atoms with Crippen molar-refractivity contribution < 1.29 is 4.74 Å². The number of hydrogen-bond acceptors (Lipinski definition) is 3. The number of aliphatic imine (C=N–C) groups is 1. The van der Waals surface area contributed by atoms with Gasteiger partial charge in [-0.25, -0.2) is 0 Å². The average Bonchev–Trinajstić information content (AvgIpc) is 3.32. The predicted octanol–water partition coefficient (Wildman–Crippen LogP) is 3.05. The molecule has 1 N–H and O–H groups in total. The maximum atomic E-state index is 5.54. The number of rotatable bonds is 9. The fourth-order valence-electron chi connectivity index (χ4n) is 3.42. The molecule has 0 unspecified atom stereocenters. The van der Waals surface area contributed by atoms with Gasteiger partial charge >= 0.3 is 0 Å². The second-order valence-corrected chi connectivity index (χ2v) is 7.80. The summed E-state index contributed by atoms with van der Waals surface area (Å²) in [6.45, 7) is 18.1. The third-order valence-electron chi connectivity index (χ3n) is 5.13. The summed E-state index contributed by atoms with van der Waals surface area (Å²) < 4.78 is 5.54. The number of nitrogens with zero attached hydrogens (tertiary/aromatic N) is 3. The van der Waals surface area contributed by atoms with Crippen molar-refractivity contribution >= 4 is 29.9 Å². The highest BCUT2D eigenvalue weighted by Gasteiger charge is 2.42. The minimum atomic E-state index is 0. The molecule has 0 bridgehead atoms. The summed E-state index contributed by atoms with van der Waals surface area (Å²) in [5.74, 6) is 1.86. The van der Waals surface area contributed by atoms with Gasteiger partial charge < -0.3 is 15.0 Å². The Morgan fingerprint density at radius 1 is 1.16 bits per heavy atom. The van der Waals surface area contributed by atoms with Crippen LogP contribution in [-0.2, 0) is 4.74 Å². The Hall–Kier alpha value is -0.0800. The van der Waals surface area contributed by atoms with E-state index in [2.05, 4.69) is 42.8 Å². The Balaban J connectivity index is 0.00000312. The smallest absolute Gasteiger partial charge is 0.194 e. The zero-order chi connectivity index (χ0) is 17.4. The Bertz CT molecular complexity index is 391. The third-order valence-corrected chi connectivity index (χ3v) is 5.13. The quantitative estimate of drug-likeness (QED) is 0.246. The van der Waals surface area contributed by atoms with E-state index >= 15 is 0 Å². The van der Waals surface area contributed by atoms with Crippen molar-refractivity contribution in [3.8, 4) is 0 Å². The molecule has 148 valence electrons. The van der Waals surface area contributed by atoms with E-state index in [1.807, 2.05) is 0 Å². The van der Waals surface area contributed by atoms with Crippen molar-refractivity contribution in [3.05, 3.63) is 0 Å². The standard InChI is InChI=1S/C19H38N4O.HI/c1-5-20-18(21-16-19(7-8-19)9-14-24-6-2)23-12-10-22(11-13-23)15-17(3)4;/h17H,5-16H2,1-4H3,(H,20,21);1H. The number of hydrogen-bond donors (Lipinski definition) is 1. The summed E-state index contributed by atoms with van der Waals surface area (Å²) >= 11 is 0. The van der Waals surface area contributed by atoms with Crippen molar-refractivity contribution in [1.29, 1.82) is 0 Å². The SMILES string of the molecule is CCNC(=NCC1(CCOCC)CC1)N1CCN(CC(C)C)CC1.I. The highest BCUT2D eigenvalue weighted by molar-refractivity contribution is 14.0. The minimum Gasteiger partial charge on any atom is -0.382 e. The van der Waals surface area contributed by atoms with Crippen LogP contribution in [0.5, 0.6) is 0 Å². The van der Waals surface area contributed by atoms with Gasteiger partial charge in [-0.3, -0.25) is 9.89 Å². The zero-order valence-electron chi connectivity index (χ0n) is 16.7. The summed E-state index contributed by atoms with van der Waals surface area (Å²) in [6.07, 6.45) is 3.78. The van der Waals surface area contributed by atoms with E-state index in [0.717, 1.165) is 70.8 Å². The summed E-state index contributed by atoms with van der Waals surface area (Å²) in [5.41, 5.74) is 0.426. The maximum absolute atomic E-state index is 5.54. The van der Waals surface area contributed by atoms with E-state index in [1.165, 1.54) is 19.4 Å². The van der Waals surface area contributed by atoms with Crippen LogP contribution in [0.3, 0.4) is 0 Å². The van der Waals surface area contributed by atoms with Gasteiger partial charge in [-0.2, -0.15) is 0 Å². The van der Waals surface area contributed by atoms with Crippen molar-refractivity contribution in [1.82, 2.24) is 15.1 Å². The first-order valence-corrected chi connectivity index (χ1v) is 9.92. The summed E-state index contributed by atoms with van der Waals surface area (Å²) in [7, 11) is 0. The minimum absolute atomic E-state index is 0. The van der Waals surface area contributed by atoms with Crippen LogP contribution in [-0.4, -0.2) is 74.8 Å². The van der Waals surface area contributed by atoms with Crippen molar-refractivity contribution in [3.63, 3.8) is 0 Å². The number of nitrogens with one attached hydrogen (secondary N) is 1. The Labute approximate surface area is 172 Å². The molecule has 0 radical (unpaired) electrons. The van der Waals surface area contributed by atoms with Crippen LogP contribution < -0.4 is 5.32 Å². The molecule has 2 aliphatic rings. The molecule has 1 aliphatic carbocycles. The second kappa shape index (κ2) is 11.6. The highest BCUT2D eigenvalue weighted by Crippen LogP contribution is 2.49. The summed E-state index contributed by atoms with van der Waals surface area (Å²) in [6, 6.07) is 0. The van der Waals surface area contributed by atoms with Gasteiger partial charge in [0.15, 0.2) is 5.96 Å². The van der Waals surface area contributed by atoms with Crippen LogP contribution in [0, 0.1) is 11.3 Å². The number of guanidine groups is 1. The van der Waals surface area contributed by atoms with E-state index < -0.39 is 0 Å². The summed E-state index contributed by atoms with van der Waals surface area (Å²) in [4.78, 5) is 10.0. The van der Waals surface area contributed by atoms with Crippen LogP contribution in [0.15, 0.2) is 4.99 Å². The fraction of sp³-hybridized carbons (Fsp3) is 0.947. The van der Waals surface area contributed by atoms with Crippen LogP contribution in [0.4, 0.5) is 0 Å². The monoisotopic (exact) mass is 466 g/mol. The molecular weight excluding hydrogens is 427 g/mol. The van der Waals surface area contributed by atoms with Gasteiger partial charge in [0.2, 0.25) is 0 Å². The molecule has 0 aromatic rings. The van der Waals surface area contributed by atoms with Crippen LogP contribution >= 0.6 is 24.0 Å². The molecule has 0 amide bonds. The van der Waals surface area contributed by atoms with Gasteiger partial charge in [0.25, 0.3) is 0 Å². The summed E-state index contributed by atoms with van der Waals surface area (Å²) in [5, 5.41) is 3.50. The van der Waals surface area contributed by atoms with Crippen molar-refractivity contribution in [2.45, 2.75) is 47.0 Å².